The number of hydrogen-bond donors (Lipinski definition) is 1. The average molecular weight is 347 g/mol. The summed E-state index contributed by atoms with van der Waals surface area (Å²) in [5.41, 5.74) is 0.337. The number of rotatable bonds is 6. The first kappa shape index (κ1) is 19.3. The standard InChI is InChI=1S/C20H29NO4/c1-5-24-18-12-7-6-10-16(18)20(23)25-15(4)19(22)21-17-11-8-9-13(2)14(17)3/h6-7,10,12-15,17H,5,8-9,11H2,1-4H3,(H,21,22)/t13-,14-,15+,17+/m0/s1. The Hall–Kier alpha value is -2.04. The van der Waals surface area contributed by atoms with Crippen molar-refractivity contribution in [3.05, 3.63) is 29.8 Å². The van der Waals surface area contributed by atoms with Crippen molar-refractivity contribution in [2.24, 2.45) is 11.8 Å². The predicted octanol–water partition coefficient (Wildman–Crippen LogP) is 3.57. The van der Waals surface area contributed by atoms with E-state index < -0.39 is 12.1 Å². The van der Waals surface area contributed by atoms with Crippen LogP contribution < -0.4 is 10.1 Å². The number of carbonyl (C=O) groups is 2. The second kappa shape index (κ2) is 8.88. The maximum atomic E-state index is 12.4. The third kappa shape index (κ3) is 4.97. The summed E-state index contributed by atoms with van der Waals surface area (Å²) in [6.45, 7) is 8.30. The zero-order valence-corrected chi connectivity index (χ0v) is 15.6. The Morgan fingerprint density at radius 1 is 1.24 bits per heavy atom. The molecule has 0 aromatic heterocycles. The monoisotopic (exact) mass is 347 g/mol. The number of nitrogens with one attached hydrogen (secondary N) is 1. The zero-order valence-electron chi connectivity index (χ0n) is 15.6. The minimum atomic E-state index is -0.841. The van der Waals surface area contributed by atoms with E-state index in [9.17, 15) is 9.59 Å². The van der Waals surface area contributed by atoms with Crippen LogP contribution in [0.3, 0.4) is 0 Å². The van der Waals surface area contributed by atoms with Gasteiger partial charge in [-0.05, 0) is 44.2 Å². The summed E-state index contributed by atoms with van der Waals surface area (Å²) >= 11 is 0. The van der Waals surface area contributed by atoms with E-state index in [1.165, 1.54) is 6.42 Å². The molecule has 1 saturated carbocycles. The summed E-state index contributed by atoms with van der Waals surface area (Å²) in [6.07, 6.45) is 2.45. The highest BCUT2D eigenvalue weighted by molar-refractivity contribution is 5.94. The first-order valence-corrected chi connectivity index (χ1v) is 9.17. The van der Waals surface area contributed by atoms with E-state index in [4.69, 9.17) is 9.47 Å². The normalized spacial score (nSPS) is 24.2. The molecule has 5 heteroatoms. The molecule has 0 unspecified atom stereocenters. The van der Waals surface area contributed by atoms with Crippen LogP contribution in [0.2, 0.25) is 0 Å². The predicted molar refractivity (Wildman–Crippen MR) is 96.6 cm³/mol. The summed E-state index contributed by atoms with van der Waals surface area (Å²) in [5, 5.41) is 3.05. The van der Waals surface area contributed by atoms with Gasteiger partial charge in [-0.3, -0.25) is 4.79 Å². The molecule has 0 saturated heterocycles. The molecule has 25 heavy (non-hydrogen) atoms. The Balaban J connectivity index is 1.95. The number of para-hydroxylation sites is 1. The van der Waals surface area contributed by atoms with Crippen molar-refractivity contribution in [2.75, 3.05) is 6.61 Å². The van der Waals surface area contributed by atoms with Crippen molar-refractivity contribution in [3.63, 3.8) is 0 Å². The lowest BCUT2D eigenvalue weighted by Crippen LogP contribution is -2.47. The van der Waals surface area contributed by atoms with Crippen LogP contribution in [-0.4, -0.2) is 30.6 Å². The van der Waals surface area contributed by atoms with Crippen molar-refractivity contribution in [2.45, 2.75) is 59.1 Å². The molecule has 0 spiro atoms. The molecule has 0 heterocycles. The Morgan fingerprint density at radius 2 is 1.96 bits per heavy atom. The molecule has 0 aliphatic heterocycles. The molecule has 1 N–H and O–H groups in total. The number of amides is 1. The molecule has 5 nitrogen and oxygen atoms in total. The molecule has 4 atom stereocenters. The first-order chi connectivity index (χ1) is 11.9. The van der Waals surface area contributed by atoms with E-state index >= 15 is 0 Å². The van der Waals surface area contributed by atoms with Crippen molar-refractivity contribution in [3.8, 4) is 5.75 Å². The summed E-state index contributed by atoms with van der Waals surface area (Å²) in [4.78, 5) is 24.8. The summed E-state index contributed by atoms with van der Waals surface area (Å²) in [7, 11) is 0. The van der Waals surface area contributed by atoms with E-state index in [0.29, 0.717) is 29.8 Å². The van der Waals surface area contributed by atoms with Gasteiger partial charge in [0.2, 0.25) is 0 Å². The highest BCUT2D eigenvalue weighted by Gasteiger charge is 2.30. The lowest BCUT2D eigenvalue weighted by molar-refractivity contribution is -0.130. The lowest BCUT2D eigenvalue weighted by Gasteiger charge is -2.35. The van der Waals surface area contributed by atoms with E-state index in [2.05, 4.69) is 19.2 Å². The SMILES string of the molecule is CCOc1ccccc1C(=O)O[C@H](C)C(=O)N[C@@H]1CCC[C@H](C)[C@@H]1C. The molecular weight excluding hydrogens is 318 g/mol. The molecule has 1 aromatic rings. The maximum Gasteiger partial charge on any atom is 0.342 e. The van der Waals surface area contributed by atoms with Crippen LogP contribution in [0.25, 0.3) is 0 Å². The topological polar surface area (TPSA) is 64.6 Å². The van der Waals surface area contributed by atoms with Gasteiger partial charge in [0.05, 0.1) is 6.61 Å². The molecule has 1 fully saturated rings. The quantitative estimate of drug-likeness (QED) is 0.799. The Labute approximate surface area is 150 Å². The van der Waals surface area contributed by atoms with Crippen molar-refractivity contribution in [1.82, 2.24) is 5.32 Å². The van der Waals surface area contributed by atoms with Crippen LogP contribution in [0.15, 0.2) is 24.3 Å². The molecule has 2 rings (SSSR count). The Bertz CT molecular complexity index is 601. The van der Waals surface area contributed by atoms with Crippen molar-refractivity contribution < 1.29 is 19.1 Å². The Morgan fingerprint density at radius 3 is 2.68 bits per heavy atom. The van der Waals surface area contributed by atoms with Gasteiger partial charge in [0.1, 0.15) is 11.3 Å². The molecular formula is C20H29NO4. The Kier molecular flexibility index (Phi) is 6.85. The van der Waals surface area contributed by atoms with Gasteiger partial charge in [-0.1, -0.05) is 38.8 Å². The number of esters is 1. The fraction of sp³-hybridized carbons (Fsp3) is 0.600. The molecule has 0 radical (unpaired) electrons. The molecule has 1 amide bonds. The highest BCUT2D eigenvalue weighted by Crippen LogP contribution is 2.29. The van der Waals surface area contributed by atoms with Crippen LogP contribution in [0.1, 0.15) is 57.3 Å². The van der Waals surface area contributed by atoms with Crippen LogP contribution in [0.4, 0.5) is 0 Å². The van der Waals surface area contributed by atoms with Crippen molar-refractivity contribution >= 4 is 11.9 Å². The fourth-order valence-electron chi connectivity index (χ4n) is 3.28. The molecule has 1 aliphatic carbocycles. The summed E-state index contributed by atoms with van der Waals surface area (Å²) in [6, 6.07) is 7.05. The van der Waals surface area contributed by atoms with E-state index in [-0.39, 0.29) is 11.9 Å². The number of benzene rings is 1. The fourth-order valence-corrected chi connectivity index (χ4v) is 3.28. The van der Waals surface area contributed by atoms with Crippen LogP contribution in [0, 0.1) is 11.8 Å². The van der Waals surface area contributed by atoms with Gasteiger partial charge in [0.15, 0.2) is 6.10 Å². The number of ether oxygens (including phenoxy) is 2. The van der Waals surface area contributed by atoms with Crippen molar-refractivity contribution in [1.29, 1.82) is 0 Å². The second-order valence-electron chi connectivity index (χ2n) is 6.86. The van der Waals surface area contributed by atoms with Gasteiger partial charge in [-0.15, -0.1) is 0 Å². The van der Waals surface area contributed by atoms with Gasteiger partial charge in [0.25, 0.3) is 5.91 Å². The highest BCUT2D eigenvalue weighted by atomic mass is 16.5. The molecule has 1 aliphatic rings. The van der Waals surface area contributed by atoms with Gasteiger partial charge in [-0.25, -0.2) is 4.79 Å². The number of hydrogen-bond acceptors (Lipinski definition) is 4. The lowest BCUT2D eigenvalue weighted by atomic mass is 9.78. The minimum Gasteiger partial charge on any atom is -0.493 e. The summed E-state index contributed by atoms with van der Waals surface area (Å²) in [5.74, 6) is 0.705. The largest absolute Gasteiger partial charge is 0.493 e. The average Bonchev–Trinajstić information content (AvgIpc) is 2.59. The minimum absolute atomic E-state index is 0.146. The number of carbonyl (C=O) groups excluding carboxylic acids is 2. The van der Waals surface area contributed by atoms with E-state index in [0.717, 1.165) is 12.8 Å². The van der Waals surface area contributed by atoms with Gasteiger partial charge >= 0.3 is 5.97 Å². The first-order valence-electron chi connectivity index (χ1n) is 9.17. The van der Waals surface area contributed by atoms with Gasteiger partial charge < -0.3 is 14.8 Å². The molecule has 0 bridgehead atoms. The smallest absolute Gasteiger partial charge is 0.342 e. The van der Waals surface area contributed by atoms with Crippen LogP contribution >= 0.6 is 0 Å². The van der Waals surface area contributed by atoms with E-state index in [1.807, 2.05) is 6.92 Å². The zero-order chi connectivity index (χ0) is 18.4. The third-order valence-corrected chi connectivity index (χ3v) is 5.09. The summed E-state index contributed by atoms with van der Waals surface area (Å²) < 4.78 is 10.8. The van der Waals surface area contributed by atoms with Crippen LogP contribution in [-0.2, 0) is 9.53 Å². The molecule has 1 aromatic carbocycles. The van der Waals surface area contributed by atoms with Gasteiger partial charge in [0, 0.05) is 6.04 Å². The molecule has 138 valence electrons. The third-order valence-electron chi connectivity index (χ3n) is 5.09. The van der Waals surface area contributed by atoms with E-state index in [1.54, 1.807) is 31.2 Å². The second-order valence-corrected chi connectivity index (χ2v) is 6.86. The van der Waals surface area contributed by atoms with Gasteiger partial charge in [-0.2, -0.15) is 0 Å². The maximum absolute atomic E-state index is 12.4. The van der Waals surface area contributed by atoms with Crippen LogP contribution in [0.5, 0.6) is 5.75 Å².